The molecule has 2 rings (SSSR count). The summed E-state index contributed by atoms with van der Waals surface area (Å²) in [6.45, 7) is 5.30. The maximum absolute atomic E-state index is 12.3. The number of ether oxygens (including phenoxy) is 3. The van der Waals surface area contributed by atoms with Crippen molar-refractivity contribution in [1.82, 2.24) is 9.88 Å². The van der Waals surface area contributed by atoms with E-state index < -0.39 is 23.8 Å². The topological polar surface area (TPSA) is 107 Å². The molecule has 0 saturated heterocycles. The number of hydrogen-bond donors (Lipinski definition) is 1. The first-order valence-corrected chi connectivity index (χ1v) is 9.14. The Bertz CT molecular complexity index is 909. The molecule has 0 atom stereocenters. The van der Waals surface area contributed by atoms with E-state index in [1.165, 1.54) is 31.3 Å². The fourth-order valence-electron chi connectivity index (χ4n) is 2.32. The number of nitrogens with zero attached hydrogens (tertiary/aromatic N) is 2. The van der Waals surface area contributed by atoms with Gasteiger partial charge in [-0.15, -0.1) is 0 Å². The number of carbonyl (C=O) groups is 3. The van der Waals surface area contributed by atoms with Gasteiger partial charge < -0.3 is 19.1 Å². The van der Waals surface area contributed by atoms with Crippen molar-refractivity contribution in [3.8, 4) is 5.75 Å². The number of pyridine rings is 1. The first-order chi connectivity index (χ1) is 14.1. The first-order valence-electron chi connectivity index (χ1n) is 9.14. The summed E-state index contributed by atoms with van der Waals surface area (Å²) in [5, 5.41) is 2.56. The number of anilines is 1. The molecular weight excluding hydrogens is 390 g/mol. The highest BCUT2D eigenvalue weighted by Crippen LogP contribution is 2.20. The molecule has 0 bridgehead atoms. The number of hydrogen-bond acceptors (Lipinski definition) is 7. The lowest BCUT2D eigenvalue weighted by molar-refractivity contribution is 0.0283. The maximum atomic E-state index is 12.3. The van der Waals surface area contributed by atoms with Gasteiger partial charge in [-0.3, -0.25) is 10.3 Å². The van der Waals surface area contributed by atoms with E-state index in [1.807, 2.05) is 0 Å². The summed E-state index contributed by atoms with van der Waals surface area (Å²) >= 11 is 0. The summed E-state index contributed by atoms with van der Waals surface area (Å²) in [7, 11) is 2.78. The Balaban J connectivity index is 2.23. The normalized spacial score (nSPS) is 10.7. The van der Waals surface area contributed by atoms with E-state index in [9.17, 15) is 14.4 Å². The molecule has 0 saturated carbocycles. The lowest BCUT2D eigenvalue weighted by atomic mass is 10.2. The summed E-state index contributed by atoms with van der Waals surface area (Å²) in [4.78, 5) is 41.9. The minimum absolute atomic E-state index is 0.0251. The van der Waals surface area contributed by atoms with Crippen LogP contribution in [0.1, 0.15) is 36.8 Å². The van der Waals surface area contributed by atoms with Gasteiger partial charge in [-0.2, -0.15) is 0 Å². The fourth-order valence-corrected chi connectivity index (χ4v) is 2.32. The molecule has 0 aliphatic carbocycles. The molecule has 1 N–H and O–H groups in total. The van der Waals surface area contributed by atoms with Crippen LogP contribution in [-0.2, 0) is 16.0 Å². The van der Waals surface area contributed by atoms with Crippen LogP contribution in [0, 0.1) is 0 Å². The molecule has 9 heteroatoms. The summed E-state index contributed by atoms with van der Waals surface area (Å²) in [6.07, 6.45) is -0.0250. The van der Waals surface area contributed by atoms with Crippen LogP contribution < -0.4 is 10.1 Å². The van der Waals surface area contributed by atoms with Gasteiger partial charge in [-0.1, -0.05) is 18.2 Å². The highest BCUT2D eigenvalue weighted by Gasteiger charge is 2.22. The second kappa shape index (κ2) is 9.73. The number of benzene rings is 1. The third-order valence-electron chi connectivity index (χ3n) is 3.67. The molecule has 0 fully saturated rings. The quantitative estimate of drug-likeness (QED) is 0.739. The zero-order valence-electron chi connectivity index (χ0n) is 17.6. The van der Waals surface area contributed by atoms with E-state index in [-0.39, 0.29) is 17.8 Å². The van der Waals surface area contributed by atoms with Gasteiger partial charge in [0.15, 0.2) is 0 Å². The summed E-state index contributed by atoms with van der Waals surface area (Å²) in [5.74, 6) is -0.270. The highest BCUT2D eigenvalue weighted by molar-refractivity contribution is 5.93. The minimum Gasteiger partial charge on any atom is -0.465 e. The van der Waals surface area contributed by atoms with E-state index in [0.29, 0.717) is 11.4 Å². The maximum Gasteiger partial charge on any atom is 0.417 e. The van der Waals surface area contributed by atoms with Crippen LogP contribution in [-0.4, -0.2) is 47.8 Å². The molecule has 0 spiro atoms. The van der Waals surface area contributed by atoms with Gasteiger partial charge in [0.1, 0.15) is 11.4 Å². The van der Waals surface area contributed by atoms with Crippen molar-refractivity contribution < 1.29 is 28.6 Å². The van der Waals surface area contributed by atoms with Crippen LogP contribution >= 0.6 is 0 Å². The average Bonchev–Trinajstić information content (AvgIpc) is 2.68. The smallest absolute Gasteiger partial charge is 0.417 e. The largest absolute Gasteiger partial charge is 0.465 e. The molecule has 9 nitrogen and oxygen atoms in total. The molecule has 0 unspecified atom stereocenters. The first kappa shape index (κ1) is 22.7. The molecule has 0 radical (unpaired) electrons. The summed E-state index contributed by atoms with van der Waals surface area (Å²) in [5.41, 5.74) is 0.0140. The monoisotopic (exact) mass is 415 g/mol. The lowest BCUT2D eigenvalue weighted by Gasteiger charge is -2.25. The van der Waals surface area contributed by atoms with Crippen molar-refractivity contribution in [1.29, 1.82) is 0 Å². The number of rotatable bonds is 5. The predicted octanol–water partition coefficient (Wildman–Crippen LogP) is 3.85. The second-order valence-corrected chi connectivity index (χ2v) is 7.37. The van der Waals surface area contributed by atoms with Gasteiger partial charge in [0.05, 0.1) is 30.6 Å². The minimum atomic E-state index is -0.772. The molecule has 30 heavy (non-hydrogen) atoms. The summed E-state index contributed by atoms with van der Waals surface area (Å²) in [6, 6.07) is 9.90. The van der Waals surface area contributed by atoms with Gasteiger partial charge in [0.2, 0.25) is 0 Å². The second-order valence-electron chi connectivity index (χ2n) is 7.37. The third-order valence-corrected chi connectivity index (χ3v) is 3.67. The molecule has 160 valence electrons. The van der Waals surface area contributed by atoms with Crippen LogP contribution in [0.25, 0.3) is 0 Å². The van der Waals surface area contributed by atoms with Crippen molar-refractivity contribution in [3.63, 3.8) is 0 Å². The van der Waals surface area contributed by atoms with Crippen LogP contribution in [0.15, 0.2) is 42.6 Å². The van der Waals surface area contributed by atoms with Crippen LogP contribution in [0.2, 0.25) is 0 Å². The van der Waals surface area contributed by atoms with Crippen molar-refractivity contribution in [3.05, 3.63) is 53.9 Å². The van der Waals surface area contributed by atoms with Gasteiger partial charge in [0.25, 0.3) is 0 Å². The van der Waals surface area contributed by atoms with Crippen molar-refractivity contribution >= 4 is 23.8 Å². The Morgan fingerprint density at radius 2 is 1.80 bits per heavy atom. The molecule has 1 heterocycles. The van der Waals surface area contributed by atoms with E-state index in [2.05, 4.69) is 10.3 Å². The molecule has 1 aromatic heterocycles. The number of esters is 1. The number of methoxy groups -OCH3 is 1. The van der Waals surface area contributed by atoms with Gasteiger partial charge in [0, 0.05) is 13.2 Å². The zero-order chi connectivity index (χ0) is 22.3. The molecule has 2 amide bonds. The lowest BCUT2D eigenvalue weighted by Crippen LogP contribution is -2.34. The Morgan fingerprint density at radius 3 is 2.40 bits per heavy atom. The van der Waals surface area contributed by atoms with E-state index in [4.69, 9.17) is 14.2 Å². The highest BCUT2D eigenvalue weighted by atomic mass is 16.6. The Morgan fingerprint density at radius 1 is 1.13 bits per heavy atom. The Kier molecular flexibility index (Phi) is 7.35. The molecule has 0 aliphatic heterocycles. The molecule has 0 aliphatic rings. The number of para-hydroxylation sites is 1. The van der Waals surface area contributed by atoms with Gasteiger partial charge in [-0.25, -0.2) is 14.4 Å². The molecule has 2 aromatic rings. The van der Waals surface area contributed by atoms with Crippen molar-refractivity contribution in [2.75, 3.05) is 19.5 Å². The van der Waals surface area contributed by atoms with Gasteiger partial charge >= 0.3 is 18.2 Å². The Labute approximate surface area is 174 Å². The van der Waals surface area contributed by atoms with Crippen molar-refractivity contribution in [2.24, 2.45) is 0 Å². The third kappa shape index (κ3) is 6.77. The van der Waals surface area contributed by atoms with Crippen LogP contribution in [0.3, 0.4) is 0 Å². The number of nitrogens with one attached hydrogen (secondary N) is 1. The van der Waals surface area contributed by atoms with Crippen molar-refractivity contribution in [2.45, 2.75) is 32.9 Å². The Hall–Kier alpha value is -3.62. The van der Waals surface area contributed by atoms with Crippen LogP contribution in [0.5, 0.6) is 5.75 Å². The van der Waals surface area contributed by atoms with E-state index in [0.717, 1.165) is 0 Å². The molecule has 1 aromatic carbocycles. The fraction of sp³-hybridized carbons (Fsp3) is 0.333. The summed E-state index contributed by atoms with van der Waals surface area (Å²) < 4.78 is 15.2. The standard InChI is InChI=1S/C21H25N3O6/c1-21(2,3)30-20(27)24(4)13-17-16(11-14(12-22-17)18(25)28-5)23-19(26)29-15-9-7-6-8-10-15/h6-12H,13H2,1-5H3,(H,23,26). The average molecular weight is 415 g/mol. The van der Waals surface area contributed by atoms with Gasteiger partial charge in [-0.05, 0) is 39.0 Å². The number of aromatic nitrogens is 1. The van der Waals surface area contributed by atoms with E-state index in [1.54, 1.807) is 51.1 Å². The zero-order valence-corrected chi connectivity index (χ0v) is 17.6. The molecular formula is C21H25N3O6. The van der Waals surface area contributed by atoms with Crippen LogP contribution in [0.4, 0.5) is 15.3 Å². The SMILES string of the molecule is COC(=O)c1cnc(CN(C)C(=O)OC(C)(C)C)c(NC(=O)Oc2ccccc2)c1. The number of amides is 2. The number of carbonyl (C=O) groups excluding carboxylic acids is 3. The van der Waals surface area contributed by atoms with E-state index >= 15 is 0 Å². The predicted molar refractivity (Wildman–Crippen MR) is 109 cm³/mol.